The Balaban J connectivity index is 1.46. The highest BCUT2D eigenvalue weighted by molar-refractivity contribution is 5.94. The van der Waals surface area contributed by atoms with Gasteiger partial charge in [0, 0.05) is 18.7 Å². The molecule has 0 N–H and O–H groups in total. The minimum atomic E-state index is -0.0146. The van der Waals surface area contributed by atoms with Gasteiger partial charge in [-0.05, 0) is 31.5 Å². The van der Waals surface area contributed by atoms with Gasteiger partial charge in [0.05, 0.1) is 19.3 Å². The van der Waals surface area contributed by atoms with Crippen molar-refractivity contribution in [3.8, 4) is 17.3 Å². The number of ether oxygens (including phenoxy) is 1. The van der Waals surface area contributed by atoms with Gasteiger partial charge >= 0.3 is 0 Å². The summed E-state index contributed by atoms with van der Waals surface area (Å²) in [7, 11) is 1.59. The van der Waals surface area contributed by atoms with Gasteiger partial charge in [-0.2, -0.15) is 4.98 Å². The first-order valence-corrected chi connectivity index (χ1v) is 8.30. The SMILES string of the molecule is COc1cccc(C(=O)N2CC[C@H](n3cc(-c4nc(C)no4)nn3)C2)c1. The van der Waals surface area contributed by atoms with E-state index in [2.05, 4.69) is 20.5 Å². The number of carbonyl (C=O) groups is 1. The van der Waals surface area contributed by atoms with Crippen molar-refractivity contribution in [2.24, 2.45) is 0 Å². The second kappa shape index (κ2) is 6.58. The summed E-state index contributed by atoms with van der Waals surface area (Å²) in [6, 6.07) is 7.25. The standard InChI is InChI=1S/C17H18N6O3/c1-11-18-16(26-20-11)15-10-23(21-19-15)13-6-7-22(9-13)17(24)12-4-3-5-14(8-12)25-2/h3-5,8,10,13H,6-7,9H2,1-2H3/t13-/m0/s1. The lowest BCUT2D eigenvalue weighted by Gasteiger charge is -2.17. The second-order valence-corrected chi connectivity index (χ2v) is 6.16. The fourth-order valence-electron chi connectivity index (χ4n) is 3.04. The lowest BCUT2D eigenvalue weighted by Crippen LogP contribution is -2.29. The summed E-state index contributed by atoms with van der Waals surface area (Å²) in [6.07, 6.45) is 2.58. The van der Waals surface area contributed by atoms with E-state index in [4.69, 9.17) is 9.26 Å². The monoisotopic (exact) mass is 354 g/mol. The third kappa shape index (κ3) is 3.03. The smallest absolute Gasteiger partial charge is 0.280 e. The number of aromatic nitrogens is 5. The summed E-state index contributed by atoms with van der Waals surface area (Å²) < 4.78 is 12.1. The van der Waals surface area contributed by atoms with Crippen molar-refractivity contribution in [1.82, 2.24) is 30.0 Å². The third-order valence-electron chi connectivity index (χ3n) is 4.40. The van der Waals surface area contributed by atoms with Crippen LogP contribution in [-0.4, -0.2) is 56.1 Å². The molecule has 4 rings (SSSR count). The van der Waals surface area contributed by atoms with Gasteiger partial charge in [-0.25, -0.2) is 4.68 Å². The predicted molar refractivity (Wildman–Crippen MR) is 90.6 cm³/mol. The van der Waals surface area contributed by atoms with E-state index in [1.165, 1.54) is 0 Å². The van der Waals surface area contributed by atoms with Crippen molar-refractivity contribution in [2.75, 3.05) is 20.2 Å². The minimum absolute atomic E-state index is 0.0146. The molecule has 1 saturated heterocycles. The number of benzene rings is 1. The number of carbonyl (C=O) groups excluding carboxylic acids is 1. The molecule has 0 radical (unpaired) electrons. The van der Waals surface area contributed by atoms with Crippen molar-refractivity contribution in [3.05, 3.63) is 41.9 Å². The van der Waals surface area contributed by atoms with E-state index in [9.17, 15) is 4.79 Å². The van der Waals surface area contributed by atoms with Crippen LogP contribution in [0, 0.1) is 6.92 Å². The number of likely N-dealkylation sites (tertiary alicyclic amines) is 1. The van der Waals surface area contributed by atoms with Crippen LogP contribution in [0.5, 0.6) is 5.75 Å². The van der Waals surface area contributed by atoms with E-state index in [0.717, 1.165) is 6.42 Å². The maximum atomic E-state index is 12.7. The number of hydrogen-bond acceptors (Lipinski definition) is 7. The highest BCUT2D eigenvalue weighted by atomic mass is 16.5. The van der Waals surface area contributed by atoms with Crippen LogP contribution in [0.3, 0.4) is 0 Å². The highest BCUT2D eigenvalue weighted by Gasteiger charge is 2.29. The van der Waals surface area contributed by atoms with Gasteiger partial charge in [-0.15, -0.1) is 5.10 Å². The van der Waals surface area contributed by atoms with Crippen LogP contribution in [0.4, 0.5) is 0 Å². The molecular weight excluding hydrogens is 336 g/mol. The molecule has 1 aliphatic heterocycles. The molecule has 0 aliphatic carbocycles. The molecule has 9 heteroatoms. The number of nitrogens with zero attached hydrogens (tertiary/aromatic N) is 6. The van der Waals surface area contributed by atoms with Crippen LogP contribution in [0.15, 0.2) is 35.0 Å². The highest BCUT2D eigenvalue weighted by Crippen LogP contribution is 2.25. The van der Waals surface area contributed by atoms with Crippen LogP contribution in [0.1, 0.15) is 28.6 Å². The molecule has 1 amide bonds. The summed E-state index contributed by atoms with van der Waals surface area (Å²) in [5.74, 6) is 1.54. The van der Waals surface area contributed by atoms with Crippen molar-refractivity contribution in [3.63, 3.8) is 0 Å². The number of amides is 1. The molecule has 1 aromatic carbocycles. The van der Waals surface area contributed by atoms with Crippen molar-refractivity contribution < 1.29 is 14.1 Å². The van der Waals surface area contributed by atoms with Crippen molar-refractivity contribution in [2.45, 2.75) is 19.4 Å². The summed E-state index contributed by atoms with van der Waals surface area (Å²) in [5, 5.41) is 12.0. The van der Waals surface area contributed by atoms with Crippen LogP contribution in [0.2, 0.25) is 0 Å². The molecule has 2 aromatic heterocycles. The molecule has 0 saturated carbocycles. The zero-order valence-corrected chi connectivity index (χ0v) is 14.5. The van der Waals surface area contributed by atoms with E-state index in [0.29, 0.717) is 41.8 Å². The number of rotatable bonds is 4. The maximum Gasteiger partial charge on any atom is 0.280 e. The minimum Gasteiger partial charge on any atom is -0.497 e. The van der Waals surface area contributed by atoms with Gasteiger partial charge in [-0.1, -0.05) is 16.4 Å². The van der Waals surface area contributed by atoms with Gasteiger partial charge < -0.3 is 14.2 Å². The molecule has 0 bridgehead atoms. The molecule has 1 aliphatic rings. The number of hydrogen-bond donors (Lipinski definition) is 0. The largest absolute Gasteiger partial charge is 0.497 e. The van der Waals surface area contributed by atoms with E-state index in [1.807, 2.05) is 17.0 Å². The van der Waals surface area contributed by atoms with Gasteiger partial charge in [0.2, 0.25) is 0 Å². The average molecular weight is 354 g/mol. The van der Waals surface area contributed by atoms with Crippen molar-refractivity contribution in [1.29, 1.82) is 0 Å². The topological polar surface area (TPSA) is 99.2 Å². The molecule has 9 nitrogen and oxygen atoms in total. The first-order valence-electron chi connectivity index (χ1n) is 8.30. The summed E-state index contributed by atoms with van der Waals surface area (Å²) >= 11 is 0. The molecule has 0 unspecified atom stereocenters. The Labute approximate surface area is 149 Å². The first-order chi connectivity index (χ1) is 12.6. The fraction of sp³-hybridized carbons (Fsp3) is 0.353. The Morgan fingerprint density at radius 1 is 1.38 bits per heavy atom. The van der Waals surface area contributed by atoms with Crippen molar-refractivity contribution >= 4 is 5.91 Å². The lowest BCUT2D eigenvalue weighted by molar-refractivity contribution is 0.0786. The molecule has 26 heavy (non-hydrogen) atoms. The molecule has 1 atom stereocenters. The average Bonchev–Trinajstić information content (AvgIpc) is 3.40. The van der Waals surface area contributed by atoms with E-state index >= 15 is 0 Å². The normalized spacial score (nSPS) is 16.8. The Hall–Kier alpha value is -3.23. The predicted octanol–water partition coefficient (Wildman–Crippen LogP) is 1.73. The fourth-order valence-corrected chi connectivity index (χ4v) is 3.04. The van der Waals surface area contributed by atoms with Gasteiger partial charge in [-0.3, -0.25) is 4.79 Å². The lowest BCUT2D eigenvalue weighted by atomic mass is 10.2. The number of aryl methyl sites for hydroxylation is 1. The summed E-state index contributed by atoms with van der Waals surface area (Å²) in [5.41, 5.74) is 1.15. The van der Waals surface area contributed by atoms with Gasteiger partial charge in [0.1, 0.15) is 5.75 Å². The summed E-state index contributed by atoms with van der Waals surface area (Å²) in [6.45, 7) is 2.98. The zero-order chi connectivity index (χ0) is 18.1. The third-order valence-corrected chi connectivity index (χ3v) is 4.40. The van der Waals surface area contributed by atoms with E-state index < -0.39 is 0 Å². The first kappa shape index (κ1) is 16.2. The Morgan fingerprint density at radius 2 is 2.27 bits per heavy atom. The molecule has 3 aromatic rings. The molecule has 1 fully saturated rings. The van der Waals surface area contributed by atoms with Crippen LogP contribution >= 0.6 is 0 Å². The molecule has 3 heterocycles. The van der Waals surface area contributed by atoms with Gasteiger partial charge in [0.15, 0.2) is 11.5 Å². The molecule has 134 valence electrons. The van der Waals surface area contributed by atoms with Crippen LogP contribution in [-0.2, 0) is 0 Å². The van der Waals surface area contributed by atoms with Crippen LogP contribution in [0.25, 0.3) is 11.6 Å². The Bertz CT molecular complexity index is 934. The number of methoxy groups -OCH3 is 1. The Kier molecular flexibility index (Phi) is 4.11. The quantitative estimate of drug-likeness (QED) is 0.703. The van der Waals surface area contributed by atoms with Gasteiger partial charge in [0.25, 0.3) is 11.8 Å². The second-order valence-electron chi connectivity index (χ2n) is 6.16. The van der Waals surface area contributed by atoms with Crippen LogP contribution < -0.4 is 4.74 Å². The molecule has 0 spiro atoms. The van der Waals surface area contributed by atoms with E-state index in [-0.39, 0.29) is 11.9 Å². The molecular formula is C17H18N6O3. The zero-order valence-electron chi connectivity index (χ0n) is 14.5. The van der Waals surface area contributed by atoms with E-state index in [1.54, 1.807) is 37.0 Å². The Morgan fingerprint density at radius 3 is 3.04 bits per heavy atom. The summed E-state index contributed by atoms with van der Waals surface area (Å²) in [4.78, 5) is 18.7. The maximum absolute atomic E-state index is 12.7.